The fraction of sp³-hybridized carbons (Fsp3) is 0.810. The average molecular weight is 403 g/mol. The quantitative estimate of drug-likeness (QED) is 0.670. The van der Waals surface area contributed by atoms with Crippen molar-refractivity contribution in [2.75, 3.05) is 57.9 Å². The summed E-state index contributed by atoms with van der Waals surface area (Å²) in [5.74, 6) is 2.07. The van der Waals surface area contributed by atoms with Gasteiger partial charge >= 0.3 is 0 Å². The van der Waals surface area contributed by atoms with Crippen LogP contribution in [0.25, 0.3) is 0 Å². The maximum absolute atomic E-state index is 6.00. The largest absolute Gasteiger partial charge is 0.381 e. The molecule has 8 nitrogen and oxygen atoms in total. The van der Waals surface area contributed by atoms with Crippen LogP contribution in [0.5, 0.6) is 0 Å². The molecule has 4 aliphatic rings. The Morgan fingerprint density at radius 2 is 2.21 bits per heavy atom. The van der Waals surface area contributed by atoms with Gasteiger partial charge in [-0.25, -0.2) is 9.97 Å². The Bertz CT molecular complexity index is 712. The molecule has 5 rings (SSSR count). The number of nitrogens with one attached hydrogen (secondary N) is 3. The lowest BCUT2D eigenvalue weighted by atomic mass is 9.80. The molecule has 1 aromatic rings. The number of rotatable bonds is 5. The molecular formula is C21H34N6O2. The molecule has 4 aliphatic heterocycles. The van der Waals surface area contributed by atoms with Crippen molar-refractivity contribution >= 4 is 5.95 Å². The first-order valence-electron chi connectivity index (χ1n) is 11.2. The van der Waals surface area contributed by atoms with Gasteiger partial charge in [-0.15, -0.1) is 0 Å². The number of hydrogen-bond acceptors (Lipinski definition) is 8. The molecule has 3 saturated heterocycles. The number of nitrogens with zero attached hydrogens (tertiary/aromatic N) is 3. The summed E-state index contributed by atoms with van der Waals surface area (Å²) >= 11 is 0. The minimum Gasteiger partial charge on any atom is -0.381 e. The maximum atomic E-state index is 6.00. The van der Waals surface area contributed by atoms with Gasteiger partial charge in [-0.3, -0.25) is 10.9 Å². The summed E-state index contributed by atoms with van der Waals surface area (Å²) in [5, 5.41) is 3.50. The molecule has 29 heavy (non-hydrogen) atoms. The van der Waals surface area contributed by atoms with Crippen molar-refractivity contribution < 1.29 is 9.47 Å². The Morgan fingerprint density at radius 3 is 3.03 bits per heavy atom. The fourth-order valence-electron chi connectivity index (χ4n) is 5.29. The third kappa shape index (κ3) is 4.14. The van der Waals surface area contributed by atoms with Gasteiger partial charge < -0.3 is 19.7 Å². The van der Waals surface area contributed by atoms with E-state index >= 15 is 0 Å². The molecule has 0 amide bonds. The van der Waals surface area contributed by atoms with Gasteiger partial charge in [-0.1, -0.05) is 0 Å². The van der Waals surface area contributed by atoms with E-state index in [1.165, 1.54) is 5.69 Å². The molecule has 0 bridgehead atoms. The number of hydrogen-bond donors (Lipinski definition) is 3. The molecule has 5 heterocycles. The van der Waals surface area contributed by atoms with E-state index in [2.05, 4.69) is 33.0 Å². The third-order valence-corrected chi connectivity index (χ3v) is 7.22. The Balaban J connectivity index is 1.27. The average Bonchev–Trinajstić information content (AvgIpc) is 3.35. The summed E-state index contributed by atoms with van der Waals surface area (Å²) in [7, 11) is 0. The van der Waals surface area contributed by atoms with Crippen LogP contribution in [-0.4, -0.2) is 73.5 Å². The molecule has 3 fully saturated rings. The lowest BCUT2D eigenvalue weighted by molar-refractivity contribution is 0.0499. The Morgan fingerprint density at radius 1 is 1.31 bits per heavy atom. The molecule has 3 N–H and O–H groups in total. The standard InChI is InChI=1S/C21H34N6O2/c1-15-17(10-24-26-15)11-27-5-4-21(13-27)14-29-12-18-9-23-20(25-19(18)21)22-8-16-2-6-28-7-3-16/h9,15-17,24,26H,2-8,10-14H2,1H3,(H,22,23,25). The predicted molar refractivity (Wildman–Crippen MR) is 111 cm³/mol. The van der Waals surface area contributed by atoms with Crippen LogP contribution in [-0.2, 0) is 21.5 Å². The topological polar surface area (TPSA) is 83.6 Å². The smallest absolute Gasteiger partial charge is 0.222 e. The Kier molecular flexibility index (Phi) is 5.71. The molecule has 0 aromatic carbocycles. The highest BCUT2D eigenvalue weighted by atomic mass is 16.5. The van der Waals surface area contributed by atoms with Crippen molar-refractivity contribution in [2.24, 2.45) is 11.8 Å². The van der Waals surface area contributed by atoms with Crippen molar-refractivity contribution in [3.05, 3.63) is 17.5 Å². The second-order valence-electron chi connectivity index (χ2n) is 9.34. The highest BCUT2D eigenvalue weighted by molar-refractivity contribution is 5.36. The second kappa shape index (κ2) is 8.43. The molecule has 8 heteroatoms. The van der Waals surface area contributed by atoms with Crippen molar-refractivity contribution in [3.63, 3.8) is 0 Å². The molecule has 0 radical (unpaired) electrons. The molecule has 0 aliphatic carbocycles. The molecule has 3 unspecified atom stereocenters. The van der Waals surface area contributed by atoms with Crippen LogP contribution in [0, 0.1) is 11.8 Å². The third-order valence-electron chi connectivity index (χ3n) is 7.22. The number of aromatic nitrogens is 2. The SMILES string of the molecule is CC1NNCC1CN1CCC2(COCc3cnc(NCC4CCOCC4)nc32)C1. The number of ether oxygens (including phenoxy) is 2. The van der Waals surface area contributed by atoms with E-state index in [-0.39, 0.29) is 5.41 Å². The van der Waals surface area contributed by atoms with Gasteiger partial charge in [0.05, 0.1) is 24.3 Å². The van der Waals surface area contributed by atoms with Gasteiger partial charge in [0, 0.05) is 63.1 Å². The van der Waals surface area contributed by atoms with Crippen LogP contribution >= 0.6 is 0 Å². The number of anilines is 1. The minimum absolute atomic E-state index is 0.00827. The van der Waals surface area contributed by atoms with Gasteiger partial charge in [0.2, 0.25) is 5.95 Å². The first-order chi connectivity index (χ1) is 14.2. The van der Waals surface area contributed by atoms with E-state index in [1.54, 1.807) is 0 Å². The van der Waals surface area contributed by atoms with Gasteiger partial charge in [0.15, 0.2) is 0 Å². The van der Waals surface area contributed by atoms with Crippen LogP contribution in [0.3, 0.4) is 0 Å². The van der Waals surface area contributed by atoms with E-state index in [1.807, 2.05) is 6.20 Å². The lowest BCUT2D eigenvalue weighted by Crippen LogP contribution is -2.42. The molecular weight excluding hydrogens is 368 g/mol. The summed E-state index contributed by atoms with van der Waals surface area (Å²) in [6.07, 6.45) is 5.32. The van der Waals surface area contributed by atoms with Crippen molar-refractivity contribution in [3.8, 4) is 0 Å². The van der Waals surface area contributed by atoms with Gasteiger partial charge in [-0.2, -0.15) is 0 Å². The van der Waals surface area contributed by atoms with Crippen LogP contribution in [0.15, 0.2) is 6.20 Å². The molecule has 160 valence electrons. The van der Waals surface area contributed by atoms with E-state index in [0.717, 1.165) is 83.3 Å². The zero-order valence-corrected chi connectivity index (χ0v) is 17.5. The normalized spacial score (nSPS) is 33.3. The van der Waals surface area contributed by atoms with Crippen molar-refractivity contribution in [1.82, 2.24) is 25.7 Å². The van der Waals surface area contributed by atoms with Gasteiger partial charge in [0.1, 0.15) is 0 Å². The summed E-state index contributed by atoms with van der Waals surface area (Å²) in [4.78, 5) is 12.2. The molecule has 3 atom stereocenters. The summed E-state index contributed by atoms with van der Waals surface area (Å²) in [6.45, 7) is 10.6. The van der Waals surface area contributed by atoms with Crippen LogP contribution in [0.2, 0.25) is 0 Å². The van der Waals surface area contributed by atoms with E-state index in [9.17, 15) is 0 Å². The minimum atomic E-state index is 0.00827. The van der Waals surface area contributed by atoms with Crippen molar-refractivity contribution in [1.29, 1.82) is 0 Å². The lowest BCUT2D eigenvalue weighted by Gasteiger charge is -2.35. The van der Waals surface area contributed by atoms with Gasteiger partial charge in [0.25, 0.3) is 0 Å². The Labute approximate surface area is 173 Å². The zero-order valence-electron chi connectivity index (χ0n) is 17.5. The van der Waals surface area contributed by atoms with E-state index in [0.29, 0.717) is 24.5 Å². The summed E-state index contributed by atoms with van der Waals surface area (Å²) < 4.78 is 11.5. The summed E-state index contributed by atoms with van der Waals surface area (Å²) in [6, 6.07) is 0.518. The second-order valence-corrected chi connectivity index (χ2v) is 9.34. The van der Waals surface area contributed by atoms with Crippen molar-refractivity contribution in [2.45, 2.75) is 44.2 Å². The van der Waals surface area contributed by atoms with Crippen LogP contribution < -0.4 is 16.2 Å². The first kappa shape index (κ1) is 19.6. The highest BCUT2D eigenvalue weighted by Gasteiger charge is 2.45. The highest BCUT2D eigenvalue weighted by Crippen LogP contribution is 2.39. The van der Waals surface area contributed by atoms with E-state index < -0.39 is 0 Å². The fourth-order valence-corrected chi connectivity index (χ4v) is 5.29. The summed E-state index contributed by atoms with van der Waals surface area (Å²) in [5.41, 5.74) is 9.02. The number of fused-ring (bicyclic) bond motifs is 2. The van der Waals surface area contributed by atoms with Gasteiger partial charge in [-0.05, 0) is 38.6 Å². The van der Waals surface area contributed by atoms with Crippen LogP contribution in [0.4, 0.5) is 5.95 Å². The molecule has 0 saturated carbocycles. The number of hydrazine groups is 1. The molecule has 1 aromatic heterocycles. The number of likely N-dealkylation sites (tertiary alicyclic amines) is 1. The first-order valence-corrected chi connectivity index (χ1v) is 11.2. The maximum Gasteiger partial charge on any atom is 0.222 e. The Hall–Kier alpha value is -1.32. The zero-order chi connectivity index (χ0) is 19.7. The van der Waals surface area contributed by atoms with E-state index in [4.69, 9.17) is 14.5 Å². The van der Waals surface area contributed by atoms with Crippen LogP contribution in [0.1, 0.15) is 37.4 Å². The molecule has 1 spiro atoms. The predicted octanol–water partition coefficient (Wildman–Crippen LogP) is 0.901. The monoisotopic (exact) mass is 402 g/mol.